The maximum Gasteiger partial charge on any atom is 0.217 e. The second kappa shape index (κ2) is 2.84. The van der Waals surface area contributed by atoms with Crippen LogP contribution in [-0.2, 0) is 4.79 Å². The van der Waals surface area contributed by atoms with Crippen LogP contribution in [-0.4, -0.2) is 5.91 Å². The van der Waals surface area contributed by atoms with Gasteiger partial charge in [-0.25, -0.2) is 0 Å². The Balaban J connectivity index is 2.35. The monoisotopic (exact) mass is 155 g/mol. The molecule has 2 N–H and O–H groups in total. The Morgan fingerprint density at radius 3 is 2.36 bits per heavy atom. The third-order valence-electron chi connectivity index (χ3n) is 2.35. The highest BCUT2D eigenvalue weighted by Crippen LogP contribution is 2.53. The first-order chi connectivity index (χ1) is 5.04. The van der Waals surface area contributed by atoms with Gasteiger partial charge in [0.15, 0.2) is 0 Å². The lowest BCUT2D eigenvalue weighted by atomic mass is 9.91. The van der Waals surface area contributed by atoms with Crippen molar-refractivity contribution in [1.82, 2.24) is 0 Å². The molecule has 64 valence electrons. The lowest BCUT2D eigenvalue weighted by Crippen LogP contribution is -2.18. The summed E-state index contributed by atoms with van der Waals surface area (Å²) >= 11 is 0. The summed E-state index contributed by atoms with van der Waals surface area (Å²) in [6.45, 7) is 4.39. The number of carbonyl (C=O) groups is 1. The van der Waals surface area contributed by atoms with Crippen molar-refractivity contribution < 1.29 is 4.79 Å². The van der Waals surface area contributed by atoms with Crippen molar-refractivity contribution >= 4 is 5.91 Å². The fourth-order valence-electron chi connectivity index (χ4n) is 1.87. The maximum absolute atomic E-state index is 10.7. The molecule has 1 fully saturated rings. The summed E-state index contributed by atoms with van der Waals surface area (Å²) in [6, 6.07) is 0. The molecule has 1 rings (SSSR count). The normalized spacial score (nSPS) is 20.3. The van der Waals surface area contributed by atoms with Gasteiger partial charge in [-0.2, -0.15) is 0 Å². The van der Waals surface area contributed by atoms with Gasteiger partial charge < -0.3 is 5.73 Å². The van der Waals surface area contributed by atoms with Crippen LogP contribution in [0.4, 0.5) is 0 Å². The number of amides is 1. The van der Waals surface area contributed by atoms with Crippen molar-refractivity contribution in [2.45, 2.75) is 39.5 Å². The van der Waals surface area contributed by atoms with E-state index in [2.05, 4.69) is 13.8 Å². The molecule has 0 unspecified atom stereocenters. The Hall–Kier alpha value is -0.530. The maximum atomic E-state index is 10.7. The van der Waals surface area contributed by atoms with Gasteiger partial charge in [-0.15, -0.1) is 0 Å². The van der Waals surface area contributed by atoms with Gasteiger partial charge in [-0.1, -0.05) is 13.8 Å². The predicted octanol–water partition coefficient (Wildman–Crippen LogP) is 1.69. The topological polar surface area (TPSA) is 43.1 Å². The van der Waals surface area contributed by atoms with E-state index in [-0.39, 0.29) is 5.91 Å². The highest BCUT2D eigenvalue weighted by atomic mass is 16.1. The zero-order valence-corrected chi connectivity index (χ0v) is 7.39. The molecule has 0 radical (unpaired) electrons. The van der Waals surface area contributed by atoms with Crippen molar-refractivity contribution in [1.29, 1.82) is 0 Å². The average Bonchev–Trinajstić information content (AvgIpc) is 2.43. The van der Waals surface area contributed by atoms with E-state index < -0.39 is 0 Å². The summed E-state index contributed by atoms with van der Waals surface area (Å²) < 4.78 is 0. The molecule has 0 saturated heterocycles. The molecular formula is C9H17NO. The van der Waals surface area contributed by atoms with E-state index in [4.69, 9.17) is 5.73 Å². The third kappa shape index (κ3) is 2.52. The second-order valence-corrected chi connectivity index (χ2v) is 4.24. The van der Waals surface area contributed by atoms with Crippen LogP contribution >= 0.6 is 0 Å². The summed E-state index contributed by atoms with van der Waals surface area (Å²) in [5.74, 6) is 0.556. The second-order valence-electron chi connectivity index (χ2n) is 4.24. The van der Waals surface area contributed by atoms with Crippen LogP contribution in [0.3, 0.4) is 0 Å². The first kappa shape index (κ1) is 8.57. The van der Waals surface area contributed by atoms with Crippen molar-refractivity contribution in [3.8, 4) is 0 Å². The van der Waals surface area contributed by atoms with Gasteiger partial charge in [-0.3, -0.25) is 4.79 Å². The minimum Gasteiger partial charge on any atom is -0.370 e. The number of rotatable bonds is 4. The van der Waals surface area contributed by atoms with Crippen molar-refractivity contribution in [3.63, 3.8) is 0 Å². The van der Waals surface area contributed by atoms with Gasteiger partial charge in [0.2, 0.25) is 5.91 Å². The van der Waals surface area contributed by atoms with Crippen molar-refractivity contribution in [3.05, 3.63) is 0 Å². The molecular weight excluding hydrogens is 138 g/mol. The van der Waals surface area contributed by atoms with Crippen molar-refractivity contribution in [2.24, 2.45) is 17.1 Å². The van der Waals surface area contributed by atoms with E-state index in [1.165, 1.54) is 12.8 Å². The molecule has 0 aromatic carbocycles. The van der Waals surface area contributed by atoms with Gasteiger partial charge in [0.05, 0.1) is 0 Å². The van der Waals surface area contributed by atoms with Gasteiger partial charge in [0, 0.05) is 6.42 Å². The third-order valence-corrected chi connectivity index (χ3v) is 2.35. The highest BCUT2D eigenvalue weighted by Gasteiger charge is 2.43. The Morgan fingerprint density at radius 2 is 2.09 bits per heavy atom. The van der Waals surface area contributed by atoms with E-state index >= 15 is 0 Å². The molecule has 0 aliphatic heterocycles. The Labute approximate surface area is 68.2 Å². The molecule has 0 atom stereocenters. The van der Waals surface area contributed by atoms with Crippen LogP contribution in [0.5, 0.6) is 0 Å². The van der Waals surface area contributed by atoms with E-state index in [9.17, 15) is 4.79 Å². The summed E-state index contributed by atoms with van der Waals surface area (Å²) in [5.41, 5.74) is 5.47. The number of hydrogen-bond donors (Lipinski definition) is 1. The zero-order valence-electron chi connectivity index (χ0n) is 7.39. The Kier molecular flexibility index (Phi) is 2.21. The van der Waals surface area contributed by atoms with Crippen molar-refractivity contribution in [2.75, 3.05) is 0 Å². The van der Waals surface area contributed by atoms with Gasteiger partial charge in [0.25, 0.3) is 0 Å². The molecule has 2 nitrogen and oxygen atoms in total. The molecule has 11 heavy (non-hydrogen) atoms. The number of hydrogen-bond acceptors (Lipinski definition) is 1. The lowest BCUT2D eigenvalue weighted by Gasteiger charge is -2.14. The molecule has 0 aromatic rings. The average molecular weight is 155 g/mol. The van der Waals surface area contributed by atoms with Crippen LogP contribution in [0.1, 0.15) is 39.5 Å². The van der Waals surface area contributed by atoms with E-state index in [1.807, 2.05) is 0 Å². The molecule has 0 spiro atoms. The SMILES string of the molecule is CC(C)CC1(CC(N)=O)CC1. The Morgan fingerprint density at radius 1 is 1.55 bits per heavy atom. The summed E-state index contributed by atoms with van der Waals surface area (Å²) in [6.07, 6.45) is 4.17. The van der Waals surface area contributed by atoms with E-state index in [0.717, 1.165) is 6.42 Å². The summed E-state index contributed by atoms with van der Waals surface area (Å²) in [7, 11) is 0. The number of nitrogens with two attached hydrogens (primary N) is 1. The molecule has 0 bridgehead atoms. The smallest absolute Gasteiger partial charge is 0.217 e. The first-order valence-corrected chi connectivity index (χ1v) is 4.32. The Bertz CT molecular complexity index is 159. The van der Waals surface area contributed by atoms with Crippen LogP contribution in [0, 0.1) is 11.3 Å². The fourth-order valence-corrected chi connectivity index (χ4v) is 1.87. The fraction of sp³-hybridized carbons (Fsp3) is 0.889. The summed E-state index contributed by atoms with van der Waals surface area (Å²) in [4.78, 5) is 10.7. The summed E-state index contributed by atoms with van der Waals surface area (Å²) in [5, 5.41) is 0. The van der Waals surface area contributed by atoms with E-state index in [1.54, 1.807) is 0 Å². The molecule has 0 heterocycles. The molecule has 2 heteroatoms. The minimum absolute atomic E-state index is 0.136. The quantitative estimate of drug-likeness (QED) is 0.659. The zero-order chi connectivity index (χ0) is 8.48. The van der Waals surface area contributed by atoms with E-state index in [0.29, 0.717) is 17.8 Å². The molecule has 1 amide bonds. The van der Waals surface area contributed by atoms with Gasteiger partial charge in [-0.05, 0) is 30.6 Å². The number of carbonyl (C=O) groups excluding carboxylic acids is 1. The lowest BCUT2D eigenvalue weighted by molar-refractivity contribution is -0.119. The molecule has 1 aliphatic rings. The van der Waals surface area contributed by atoms with Crippen LogP contribution < -0.4 is 5.73 Å². The van der Waals surface area contributed by atoms with Gasteiger partial charge in [0.1, 0.15) is 0 Å². The van der Waals surface area contributed by atoms with Crippen LogP contribution in [0.15, 0.2) is 0 Å². The van der Waals surface area contributed by atoms with Crippen LogP contribution in [0.25, 0.3) is 0 Å². The standard InChI is InChI=1S/C9H17NO/c1-7(2)5-9(3-4-9)6-8(10)11/h7H,3-6H2,1-2H3,(H2,10,11). The highest BCUT2D eigenvalue weighted by molar-refractivity contribution is 5.75. The molecule has 1 aliphatic carbocycles. The molecule has 1 saturated carbocycles. The largest absolute Gasteiger partial charge is 0.370 e. The van der Waals surface area contributed by atoms with Crippen LogP contribution in [0.2, 0.25) is 0 Å². The minimum atomic E-state index is -0.136. The predicted molar refractivity (Wildman–Crippen MR) is 44.9 cm³/mol. The molecule has 0 aromatic heterocycles. The van der Waals surface area contributed by atoms with Gasteiger partial charge >= 0.3 is 0 Å². The first-order valence-electron chi connectivity index (χ1n) is 4.32. The number of primary amides is 1.